The van der Waals surface area contributed by atoms with Crippen LogP contribution in [-0.4, -0.2) is 22.0 Å². The summed E-state index contributed by atoms with van der Waals surface area (Å²) in [5.41, 5.74) is 4.21. The van der Waals surface area contributed by atoms with Crippen LogP contribution in [-0.2, 0) is 6.42 Å². The Morgan fingerprint density at radius 1 is 1.44 bits per heavy atom. The highest BCUT2D eigenvalue weighted by atomic mass is 32.2. The molecule has 3 nitrogen and oxygen atoms in total. The maximum absolute atomic E-state index is 11.9. The van der Waals surface area contributed by atoms with Crippen LogP contribution in [0.15, 0.2) is 55.3 Å². The molecule has 1 aromatic rings. The first-order valence-electron chi connectivity index (χ1n) is 5.85. The number of rotatable bonds is 4. The van der Waals surface area contributed by atoms with Crippen molar-refractivity contribution >= 4 is 17.0 Å². The normalized spacial score (nSPS) is 17.6. The third-order valence-electron chi connectivity index (χ3n) is 2.67. The molecule has 1 heterocycles. The van der Waals surface area contributed by atoms with Crippen molar-refractivity contribution in [2.24, 2.45) is 0 Å². The minimum Gasteiger partial charge on any atom is -0.302 e. The molecule has 2 rings (SSSR count). The van der Waals surface area contributed by atoms with E-state index in [1.54, 1.807) is 11.1 Å². The molecule has 4 heteroatoms. The molecule has 1 unspecified atom stereocenters. The molecule has 1 atom stereocenters. The van der Waals surface area contributed by atoms with E-state index in [1.165, 1.54) is 17.3 Å². The quantitative estimate of drug-likeness (QED) is 0.845. The fourth-order valence-corrected chi connectivity index (χ4v) is 2.41. The molecule has 1 aliphatic rings. The number of carbonyl (C=O) groups excluding carboxylic acids is 1. The number of carbonyl (C=O) groups is 1. The van der Waals surface area contributed by atoms with Crippen molar-refractivity contribution < 1.29 is 4.79 Å². The molecule has 0 fully saturated rings. The molecular weight excluding hydrogens is 244 g/mol. The minimum absolute atomic E-state index is 0.0285. The molecule has 0 saturated heterocycles. The van der Waals surface area contributed by atoms with Crippen molar-refractivity contribution in [3.05, 3.63) is 60.8 Å². The summed E-state index contributed by atoms with van der Waals surface area (Å²) in [6.45, 7) is 3.62. The van der Waals surface area contributed by atoms with Crippen molar-refractivity contribution in [1.82, 2.24) is 10.4 Å². The minimum atomic E-state index is 0.0285. The van der Waals surface area contributed by atoms with Gasteiger partial charge in [-0.15, -0.1) is 6.58 Å². The van der Waals surface area contributed by atoms with Gasteiger partial charge < -0.3 is 5.43 Å². The Bertz CT molecular complexity index is 444. The van der Waals surface area contributed by atoms with Gasteiger partial charge in [0, 0.05) is 12.0 Å². The van der Waals surface area contributed by atoms with Crippen molar-refractivity contribution in [3.63, 3.8) is 0 Å². The lowest BCUT2D eigenvalue weighted by molar-refractivity contribution is 0.200. The average molecular weight is 260 g/mol. The number of thioether (sulfide) groups is 1. The molecule has 18 heavy (non-hydrogen) atoms. The second-order valence-electron chi connectivity index (χ2n) is 3.98. The third-order valence-corrected chi connectivity index (χ3v) is 3.52. The molecule has 94 valence electrons. The molecule has 0 spiro atoms. The van der Waals surface area contributed by atoms with E-state index in [1.807, 2.05) is 30.5 Å². The van der Waals surface area contributed by atoms with E-state index in [2.05, 4.69) is 24.1 Å². The van der Waals surface area contributed by atoms with Crippen LogP contribution in [0.1, 0.15) is 5.56 Å². The smallest absolute Gasteiger partial charge is 0.300 e. The summed E-state index contributed by atoms with van der Waals surface area (Å²) >= 11 is 1.25. The Labute approximate surface area is 112 Å². The van der Waals surface area contributed by atoms with Gasteiger partial charge in [-0.25, -0.2) is 5.01 Å². The summed E-state index contributed by atoms with van der Waals surface area (Å²) in [6, 6.07) is 10.3. The zero-order chi connectivity index (χ0) is 12.8. The summed E-state index contributed by atoms with van der Waals surface area (Å²) in [4.78, 5) is 11.9. The molecule has 1 aromatic carbocycles. The van der Waals surface area contributed by atoms with Crippen LogP contribution in [0.5, 0.6) is 0 Å². The van der Waals surface area contributed by atoms with Crippen LogP contribution in [0.3, 0.4) is 0 Å². The Kier molecular flexibility index (Phi) is 4.47. The number of amides is 1. The van der Waals surface area contributed by atoms with Crippen LogP contribution in [0, 0.1) is 0 Å². The van der Waals surface area contributed by atoms with Crippen molar-refractivity contribution in [3.8, 4) is 0 Å². The van der Waals surface area contributed by atoms with Gasteiger partial charge in [-0.1, -0.05) is 48.2 Å². The largest absolute Gasteiger partial charge is 0.302 e. The summed E-state index contributed by atoms with van der Waals surface area (Å²) in [5, 5.41) is 1.70. The molecule has 1 amide bonds. The first-order chi connectivity index (χ1) is 8.81. The van der Waals surface area contributed by atoms with Crippen molar-refractivity contribution in [1.29, 1.82) is 0 Å². The monoisotopic (exact) mass is 260 g/mol. The maximum atomic E-state index is 11.9. The van der Waals surface area contributed by atoms with Crippen LogP contribution in [0.25, 0.3) is 0 Å². The predicted octanol–water partition coefficient (Wildman–Crippen LogP) is 2.97. The molecule has 0 bridgehead atoms. The molecule has 0 aliphatic carbocycles. The lowest BCUT2D eigenvalue weighted by Crippen LogP contribution is -2.41. The standard InChI is InChI=1S/C14H16N2OS/c1-2-10-18-14(17)16-13(8-9-15-16)11-12-6-4-3-5-7-12/h2-9,13,15H,1,10-11H2. The number of nitrogens with one attached hydrogen (secondary N) is 1. The van der Waals surface area contributed by atoms with Crippen molar-refractivity contribution in [2.75, 3.05) is 5.75 Å². The lowest BCUT2D eigenvalue weighted by atomic mass is 10.1. The highest BCUT2D eigenvalue weighted by molar-refractivity contribution is 8.13. The number of hydrazine groups is 1. The topological polar surface area (TPSA) is 32.3 Å². The van der Waals surface area contributed by atoms with Crippen LogP contribution >= 0.6 is 11.8 Å². The van der Waals surface area contributed by atoms with Gasteiger partial charge in [0.15, 0.2) is 0 Å². The highest BCUT2D eigenvalue weighted by Crippen LogP contribution is 2.17. The van der Waals surface area contributed by atoms with Gasteiger partial charge in [0.2, 0.25) is 0 Å². The molecule has 1 aliphatic heterocycles. The Morgan fingerprint density at radius 2 is 2.22 bits per heavy atom. The second kappa shape index (κ2) is 6.31. The van der Waals surface area contributed by atoms with E-state index in [9.17, 15) is 4.79 Å². The number of benzene rings is 1. The van der Waals surface area contributed by atoms with Gasteiger partial charge in [0.05, 0.1) is 6.04 Å². The fourth-order valence-electron chi connectivity index (χ4n) is 1.82. The number of nitrogens with zero attached hydrogens (tertiary/aromatic N) is 1. The van der Waals surface area contributed by atoms with Gasteiger partial charge in [0.25, 0.3) is 0 Å². The molecule has 0 radical (unpaired) electrons. The van der Waals surface area contributed by atoms with Crippen molar-refractivity contribution in [2.45, 2.75) is 12.5 Å². The SMILES string of the molecule is C=CCSC(=O)N1NC=CC1Cc1ccccc1. The highest BCUT2D eigenvalue weighted by Gasteiger charge is 2.24. The molecular formula is C14H16N2OS. The molecule has 1 N–H and O–H groups in total. The lowest BCUT2D eigenvalue weighted by Gasteiger charge is -2.23. The molecule has 0 aromatic heterocycles. The van der Waals surface area contributed by atoms with Gasteiger partial charge >= 0.3 is 5.24 Å². The first-order valence-corrected chi connectivity index (χ1v) is 6.83. The summed E-state index contributed by atoms with van der Waals surface area (Å²) in [6.07, 6.45) is 6.39. The summed E-state index contributed by atoms with van der Waals surface area (Å²) in [7, 11) is 0. The van der Waals surface area contributed by atoms with E-state index in [0.29, 0.717) is 5.75 Å². The van der Waals surface area contributed by atoms with E-state index in [-0.39, 0.29) is 11.3 Å². The van der Waals surface area contributed by atoms with E-state index in [0.717, 1.165) is 6.42 Å². The second-order valence-corrected chi connectivity index (χ2v) is 4.95. The number of hydrogen-bond donors (Lipinski definition) is 1. The zero-order valence-electron chi connectivity index (χ0n) is 10.1. The predicted molar refractivity (Wildman–Crippen MR) is 76.1 cm³/mol. The Balaban J connectivity index is 1.97. The van der Waals surface area contributed by atoms with E-state index in [4.69, 9.17) is 0 Å². The number of hydrogen-bond acceptors (Lipinski definition) is 3. The zero-order valence-corrected chi connectivity index (χ0v) is 10.9. The Morgan fingerprint density at radius 3 is 2.94 bits per heavy atom. The van der Waals surface area contributed by atoms with Crippen LogP contribution in [0.4, 0.5) is 4.79 Å². The fraction of sp³-hybridized carbons (Fsp3) is 0.214. The van der Waals surface area contributed by atoms with Gasteiger partial charge in [-0.2, -0.15) is 0 Å². The summed E-state index contributed by atoms with van der Waals surface area (Å²) < 4.78 is 0. The van der Waals surface area contributed by atoms with Gasteiger partial charge in [-0.3, -0.25) is 4.79 Å². The first kappa shape index (κ1) is 12.8. The summed E-state index contributed by atoms with van der Waals surface area (Å²) in [5.74, 6) is 0.634. The average Bonchev–Trinajstić information content (AvgIpc) is 2.85. The van der Waals surface area contributed by atoms with E-state index < -0.39 is 0 Å². The van der Waals surface area contributed by atoms with Gasteiger partial charge in [0.1, 0.15) is 0 Å². The van der Waals surface area contributed by atoms with Crippen LogP contribution < -0.4 is 5.43 Å². The van der Waals surface area contributed by atoms with E-state index >= 15 is 0 Å². The Hall–Kier alpha value is -1.68. The van der Waals surface area contributed by atoms with Gasteiger partial charge in [-0.05, 0) is 18.1 Å². The maximum Gasteiger partial charge on any atom is 0.300 e. The molecule has 0 saturated carbocycles. The third kappa shape index (κ3) is 3.17. The van der Waals surface area contributed by atoms with Crippen LogP contribution in [0.2, 0.25) is 0 Å².